The van der Waals surface area contributed by atoms with E-state index in [4.69, 9.17) is 36.1 Å². The van der Waals surface area contributed by atoms with Crippen LogP contribution in [0.25, 0.3) is 0 Å². The van der Waals surface area contributed by atoms with Gasteiger partial charge < -0.3 is 98.5 Å². The Morgan fingerprint density at radius 2 is 1.52 bits per heavy atom. The lowest BCUT2D eigenvalue weighted by Gasteiger charge is -2.42. The number of benzene rings is 3. The van der Waals surface area contributed by atoms with Gasteiger partial charge in [0.05, 0.1) is 61.8 Å². The predicted molar refractivity (Wildman–Crippen MR) is 306 cm³/mol. The molecule has 88 heavy (non-hydrogen) atoms. The van der Waals surface area contributed by atoms with E-state index in [1.807, 2.05) is 0 Å². The van der Waals surface area contributed by atoms with Crippen molar-refractivity contribution in [3.05, 3.63) is 81.4 Å². The molecule has 4 unspecified atom stereocenters. The number of phenolic OH excluding ortho intramolecular Hbond substituents is 3. The van der Waals surface area contributed by atoms with Gasteiger partial charge in [-0.15, -0.1) is 0 Å². The van der Waals surface area contributed by atoms with Crippen LogP contribution in [0.5, 0.6) is 23.0 Å². The molecule has 1 aliphatic heterocycles. The number of hydrogen-bond acceptors (Lipinski definition) is 22. The summed E-state index contributed by atoms with van der Waals surface area (Å²) in [6.45, 7) is 1.85. The number of hydrogen-bond donors (Lipinski definition) is 15. The number of ketones is 3. The van der Waals surface area contributed by atoms with E-state index in [1.54, 1.807) is 13.8 Å². The highest BCUT2D eigenvalue weighted by molar-refractivity contribution is 6.31. The van der Waals surface area contributed by atoms with Crippen LogP contribution in [0.1, 0.15) is 120 Å². The number of rotatable bonds is 29. The number of nitrogens with one attached hydrogen (secondary N) is 5. The molecular weight excluding hydrogens is 1160 g/mol. The van der Waals surface area contributed by atoms with Gasteiger partial charge in [-0.2, -0.15) is 0 Å². The summed E-state index contributed by atoms with van der Waals surface area (Å²) in [7, 11) is 1.27. The molecule has 0 spiro atoms. The average molecular weight is 1230 g/mol. The highest BCUT2D eigenvalue weighted by Gasteiger charge is 2.51. The fourth-order valence-corrected chi connectivity index (χ4v) is 10.4. The Balaban J connectivity index is 1.06. The Labute approximate surface area is 503 Å². The van der Waals surface area contributed by atoms with Crippen LogP contribution >= 0.6 is 0 Å². The van der Waals surface area contributed by atoms with E-state index in [0.717, 1.165) is 0 Å². The lowest BCUT2D eigenvalue weighted by Crippen LogP contribution is -2.57. The molecule has 5 amide bonds. The van der Waals surface area contributed by atoms with Crippen molar-refractivity contribution in [3.8, 4) is 23.0 Å². The molecule has 30 nitrogen and oxygen atoms in total. The molecular formula is C58H75N9O21. The highest BCUT2D eigenvalue weighted by atomic mass is 16.7. The Kier molecular flexibility index (Phi) is 23.4. The van der Waals surface area contributed by atoms with E-state index >= 15 is 0 Å². The predicted octanol–water partition coefficient (Wildman–Crippen LogP) is -2.24. The zero-order valence-electron chi connectivity index (χ0n) is 48.7. The number of carbonyl (C=O) groups excluding carboxylic acids is 9. The zero-order valence-corrected chi connectivity index (χ0v) is 48.7. The van der Waals surface area contributed by atoms with Gasteiger partial charge in [-0.3, -0.25) is 48.1 Å². The first-order valence-corrected chi connectivity index (χ1v) is 28.3. The first kappa shape index (κ1) is 68.3. The van der Waals surface area contributed by atoms with Gasteiger partial charge in [0.1, 0.15) is 52.8 Å². The van der Waals surface area contributed by atoms with Crippen LogP contribution in [-0.2, 0) is 65.4 Å². The maximum Gasteiger partial charge on any atom is 0.326 e. The summed E-state index contributed by atoms with van der Waals surface area (Å²) in [5.74, 6) is -13.2. The quantitative estimate of drug-likeness (QED) is 0.00898. The fraction of sp³-hybridized carbons (Fsp3) is 0.500. The largest absolute Gasteiger partial charge is 0.508 e. The van der Waals surface area contributed by atoms with E-state index in [2.05, 4.69) is 31.6 Å². The number of esters is 1. The van der Waals surface area contributed by atoms with Crippen molar-refractivity contribution in [1.29, 1.82) is 0 Å². The van der Waals surface area contributed by atoms with Crippen LogP contribution in [0.3, 0.4) is 0 Å². The molecule has 1 fully saturated rings. The minimum Gasteiger partial charge on any atom is -0.508 e. The topological polar surface area (TPSA) is 500 Å². The van der Waals surface area contributed by atoms with Crippen molar-refractivity contribution in [1.82, 2.24) is 26.6 Å². The van der Waals surface area contributed by atoms with Crippen molar-refractivity contribution in [2.24, 2.45) is 34.0 Å². The van der Waals surface area contributed by atoms with Crippen molar-refractivity contribution in [3.63, 3.8) is 0 Å². The minimum atomic E-state index is -2.56. The number of aliphatic carboxylic acids is 1. The van der Waals surface area contributed by atoms with Gasteiger partial charge in [0.2, 0.25) is 41.1 Å². The molecule has 0 radical (unpaired) electrons. The molecule has 3 aromatic rings. The third-order valence-electron chi connectivity index (χ3n) is 15.5. The number of carbonyl (C=O) groups is 10. The summed E-state index contributed by atoms with van der Waals surface area (Å²) in [5.41, 5.74) is 12.6. The molecule has 1 heterocycles. The smallest absolute Gasteiger partial charge is 0.326 e. The number of Topliss-reactive ketones (excluding diaryl/α,β-unsaturated/α-hetero) is 1. The first-order valence-electron chi connectivity index (χ1n) is 28.3. The SMILES string of the molecule is CC[C@H](C)[C@H](NC(=O)CNC(=O)[C@H](CO)NC(=O)[C@H](CCCN=C(N)N)NC(=O)CCCC(=O)OCC(=O)[C@]1(O)Cc2c(O)c3c(c(O)c2[C@@H](OC2OCC(N)C(O)C2C)C1)C(=O)c1c(OC)cccc1C3=O)C(=O)N[C@@H](Cc1ccc(O)cc1)C(=O)O. The Morgan fingerprint density at radius 1 is 0.841 bits per heavy atom. The van der Waals surface area contributed by atoms with Gasteiger partial charge in [-0.25, -0.2) is 4.79 Å². The molecule has 0 saturated carbocycles. The van der Waals surface area contributed by atoms with Crippen LogP contribution in [0, 0.1) is 11.8 Å². The molecule has 3 aromatic carbocycles. The molecule has 6 rings (SSSR count). The number of nitrogens with zero attached hydrogens (tertiary/aromatic N) is 1. The third-order valence-corrected chi connectivity index (χ3v) is 15.5. The number of nitrogens with two attached hydrogens (primary N) is 3. The van der Waals surface area contributed by atoms with Crippen molar-refractivity contribution in [2.75, 3.05) is 40.0 Å². The van der Waals surface area contributed by atoms with Gasteiger partial charge in [0, 0.05) is 61.3 Å². The molecule has 478 valence electrons. The number of aliphatic hydroxyl groups excluding tert-OH is 2. The van der Waals surface area contributed by atoms with Crippen LogP contribution in [0.15, 0.2) is 47.5 Å². The van der Waals surface area contributed by atoms with Crippen LogP contribution in [-0.4, -0.2) is 189 Å². The number of amides is 5. The van der Waals surface area contributed by atoms with Gasteiger partial charge in [0.25, 0.3) is 0 Å². The number of ether oxygens (including phenoxy) is 4. The van der Waals surface area contributed by atoms with E-state index < -0.39 is 193 Å². The molecule has 0 bridgehead atoms. The first-order chi connectivity index (χ1) is 41.6. The average Bonchev–Trinajstić information content (AvgIpc) is 0.735. The maximum atomic E-state index is 14.1. The second-order valence-electron chi connectivity index (χ2n) is 21.8. The molecule has 11 atom stereocenters. The van der Waals surface area contributed by atoms with Gasteiger partial charge in [0.15, 0.2) is 24.6 Å². The third kappa shape index (κ3) is 16.4. The van der Waals surface area contributed by atoms with Crippen LogP contribution in [0.4, 0.5) is 0 Å². The monoisotopic (exact) mass is 1230 g/mol. The van der Waals surface area contributed by atoms with Crippen molar-refractivity contribution < 1.29 is 103 Å². The summed E-state index contributed by atoms with van der Waals surface area (Å²) in [5, 5.41) is 88.2. The molecule has 18 N–H and O–H groups in total. The lowest BCUT2D eigenvalue weighted by atomic mass is 9.72. The zero-order chi connectivity index (χ0) is 64.9. The normalized spacial score (nSPS) is 21.0. The number of aliphatic hydroxyl groups is 3. The standard InChI is InChI=1S/C58H75N9O21/c1-5-26(2)46(54(81)65-34(55(82)83)19-28-14-16-29(69)17-15-28)67-40(72)22-63-52(79)35(23-68)66-53(80)33(10-8-18-62-57(60)61)64-39(71)12-7-13-41(73)86-25-38(70)58(84)20-31-43(37(21-58)88-56-27(3)47(74)32(59)24-87-56)51(78)45-44(49(31)76)48(75)30-9-6-11-36(85-4)42(30)50(45)77/h6,9,11,14-17,26-27,32-35,37,46-47,56,68-69,74,76,78,84H,5,7-8,10,12-13,18-25,59H2,1-4H3,(H,63,79)(H,64,71)(H,65,81)(H,66,80)(H,67,72)(H,82,83)(H4,60,61,62)/t26-,27?,32?,33-,34-,35-,37-,46-,47?,56?,58-/m0/s1. The fourth-order valence-electron chi connectivity index (χ4n) is 10.4. The van der Waals surface area contributed by atoms with E-state index in [1.165, 1.54) is 56.5 Å². The van der Waals surface area contributed by atoms with E-state index in [9.17, 15) is 83.7 Å². The molecule has 30 heteroatoms. The summed E-state index contributed by atoms with van der Waals surface area (Å²) < 4.78 is 22.5. The summed E-state index contributed by atoms with van der Waals surface area (Å²) >= 11 is 0. The maximum absolute atomic E-state index is 14.1. The molecule has 0 aromatic heterocycles. The summed E-state index contributed by atoms with van der Waals surface area (Å²) in [4.78, 5) is 138. The van der Waals surface area contributed by atoms with Gasteiger partial charge in [-0.05, 0) is 48.9 Å². The van der Waals surface area contributed by atoms with Crippen LogP contribution in [0.2, 0.25) is 0 Å². The number of fused-ring (bicyclic) bond motifs is 3. The number of guanidine groups is 1. The number of aliphatic imine (C=N–C) groups is 1. The van der Waals surface area contributed by atoms with Gasteiger partial charge in [-0.1, -0.05) is 51.5 Å². The Hall–Kier alpha value is -8.81. The number of methoxy groups -OCH3 is 1. The number of carboxylic acids is 1. The number of phenols is 3. The lowest BCUT2D eigenvalue weighted by molar-refractivity contribution is -0.248. The highest BCUT2D eigenvalue weighted by Crippen LogP contribution is 2.53. The number of carboxylic acid groups (broad SMARTS) is 1. The molecule has 2 aliphatic carbocycles. The molecule has 1 saturated heterocycles. The Bertz CT molecular complexity index is 3170. The second-order valence-corrected chi connectivity index (χ2v) is 21.8. The van der Waals surface area contributed by atoms with Crippen molar-refractivity contribution >= 4 is 64.8 Å². The minimum absolute atomic E-state index is 0.00273. The summed E-state index contributed by atoms with van der Waals surface area (Å²) in [6.07, 6.45) is -6.51. The number of aromatic hydroxyl groups is 3. The van der Waals surface area contributed by atoms with Crippen LogP contribution < -0.4 is 48.5 Å². The van der Waals surface area contributed by atoms with E-state index in [-0.39, 0.29) is 78.5 Å². The Morgan fingerprint density at radius 3 is 2.17 bits per heavy atom. The molecule has 3 aliphatic rings. The second kappa shape index (κ2) is 30.2. The van der Waals surface area contributed by atoms with Crippen molar-refractivity contribution in [2.45, 2.75) is 133 Å². The van der Waals surface area contributed by atoms with Gasteiger partial charge >= 0.3 is 11.9 Å². The summed E-state index contributed by atoms with van der Waals surface area (Å²) in [6, 6.07) is 3.25. The van der Waals surface area contributed by atoms with E-state index in [0.29, 0.717) is 12.0 Å².